The van der Waals surface area contributed by atoms with E-state index in [1.165, 1.54) is 6.33 Å². The minimum atomic E-state index is -0.501. The summed E-state index contributed by atoms with van der Waals surface area (Å²) in [5.41, 5.74) is 1.14. The number of piperidine rings is 1. The van der Waals surface area contributed by atoms with E-state index in [1.54, 1.807) is 0 Å². The van der Waals surface area contributed by atoms with E-state index in [9.17, 15) is 9.59 Å². The maximum atomic E-state index is 11.8. The summed E-state index contributed by atoms with van der Waals surface area (Å²) in [6.07, 6.45) is 2.26. The molecule has 0 aliphatic carbocycles. The van der Waals surface area contributed by atoms with Crippen LogP contribution in [0.3, 0.4) is 0 Å². The van der Waals surface area contributed by atoms with E-state index in [1.807, 2.05) is 6.92 Å². The van der Waals surface area contributed by atoms with Gasteiger partial charge in [-0.05, 0) is 13.3 Å². The maximum absolute atomic E-state index is 11.8. The predicted octanol–water partition coefficient (Wildman–Crippen LogP) is 0.00180. The molecule has 1 aliphatic rings. The first-order valence-corrected chi connectivity index (χ1v) is 6.72. The molecule has 0 radical (unpaired) electrons. The summed E-state index contributed by atoms with van der Waals surface area (Å²) in [7, 11) is 0. The maximum Gasteiger partial charge on any atom is 0.249 e. The van der Waals surface area contributed by atoms with Crippen LogP contribution in [-0.4, -0.2) is 44.3 Å². The molecule has 21 heavy (non-hydrogen) atoms. The Kier molecular flexibility index (Phi) is 3.38. The van der Waals surface area contributed by atoms with Crippen molar-refractivity contribution in [1.29, 1.82) is 0 Å². The second kappa shape index (κ2) is 5.35. The molecule has 1 saturated heterocycles. The number of aromatic amines is 1. The molecular weight excluding hydrogens is 274 g/mol. The molecule has 2 aromatic rings. The van der Waals surface area contributed by atoms with E-state index >= 15 is 0 Å². The number of imidazole rings is 1. The molecule has 1 aliphatic heterocycles. The number of carbonyl (C=O) groups excluding carboxylic acids is 2. The van der Waals surface area contributed by atoms with Crippen molar-refractivity contribution in [3.8, 4) is 0 Å². The lowest BCUT2D eigenvalue weighted by molar-refractivity contribution is -0.133. The zero-order valence-corrected chi connectivity index (χ0v) is 11.4. The van der Waals surface area contributed by atoms with Gasteiger partial charge in [-0.15, -0.1) is 0 Å². The van der Waals surface area contributed by atoms with Crippen LogP contribution in [0.25, 0.3) is 11.2 Å². The highest BCUT2D eigenvalue weighted by Gasteiger charge is 2.27. The zero-order chi connectivity index (χ0) is 14.8. The number of nitrogens with one attached hydrogen (secondary N) is 4. The van der Waals surface area contributed by atoms with Crippen molar-refractivity contribution in [1.82, 2.24) is 25.3 Å². The largest absolute Gasteiger partial charge is 0.356 e. The number of hydrogen-bond acceptors (Lipinski definition) is 7. The van der Waals surface area contributed by atoms with Crippen LogP contribution in [0.2, 0.25) is 0 Å². The third-order valence-electron chi connectivity index (χ3n) is 3.17. The van der Waals surface area contributed by atoms with Gasteiger partial charge in [0.15, 0.2) is 11.5 Å². The average molecular weight is 289 g/mol. The lowest BCUT2D eigenvalue weighted by atomic mass is 10.1. The molecule has 2 aromatic heterocycles. The van der Waals surface area contributed by atoms with Gasteiger partial charge in [-0.3, -0.25) is 14.9 Å². The summed E-state index contributed by atoms with van der Waals surface area (Å²) in [6, 6.07) is -0.501. The SMILES string of the molecule is CCNc1nc(NC2CCC(=O)NC2=O)c2[nH]cnc2n1. The molecule has 0 bridgehead atoms. The average Bonchev–Trinajstić information content (AvgIpc) is 2.91. The fourth-order valence-electron chi connectivity index (χ4n) is 2.17. The smallest absolute Gasteiger partial charge is 0.249 e. The number of hydrogen-bond donors (Lipinski definition) is 4. The molecule has 1 fully saturated rings. The molecule has 9 nitrogen and oxygen atoms in total. The van der Waals surface area contributed by atoms with Crippen LogP contribution in [0.15, 0.2) is 6.33 Å². The first-order chi connectivity index (χ1) is 10.2. The Bertz CT molecular complexity index is 696. The van der Waals surface area contributed by atoms with Gasteiger partial charge in [0.2, 0.25) is 17.8 Å². The molecule has 3 heterocycles. The van der Waals surface area contributed by atoms with E-state index in [4.69, 9.17) is 0 Å². The fourth-order valence-corrected chi connectivity index (χ4v) is 2.17. The molecular formula is C12H15N7O2. The quantitative estimate of drug-likeness (QED) is 0.584. The number of fused-ring (bicyclic) bond motifs is 1. The van der Waals surface area contributed by atoms with E-state index in [2.05, 4.69) is 35.9 Å². The van der Waals surface area contributed by atoms with Crippen LogP contribution < -0.4 is 16.0 Å². The van der Waals surface area contributed by atoms with Gasteiger partial charge in [0.25, 0.3) is 0 Å². The Balaban J connectivity index is 1.90. The minimum Gasteiger partial charge on any atom is -0.356 e. The number of rotatable bonds is 4. The van der Waals surface area contributed by atoms with Crippen molar-refractivity contribution in [2.24, 2.45) is 0 Å². The van der Waals surface area contributed by atoms with Gasteiger partial charge in [0.1, 0.15) is 11.6 Å². The summed E-state index contributed by atoms with van der Waals surface area (Å²) in [5.74, 6) is 0.332. The van der Waals surface area contributed by atoms with Gasteiger partial charge in [-0.2, -0.15) is 9.97 Å². The number of nitrogens with zero attached hydrogens (tertiary/aromatic N) is 3. The van der Waals surface area contributed by atoms with Crippen LogP contribution in [0.4, 0.5) is 11.8 Å². The summed E-state index contributed by atoms with van der Waals surface area (Å²) < 4.78 is 0. The van der Waals surface area contributed by atoms with Crippen molar-refractivity contribution in [2.45, 2.75) is 25.8 Å². The normalized spacial score (nSPS) is 18.6. The summed E-state index contributed by atoms with van der Waals surface area (Å²) in [6.45, 7) is 2.61. The van der Waals surface area contributed by atoms with Crippen molar-refractivity contribution < 1.29 is 9.59 Å². The molecule has 9 heteroatoms. The van der Waals surface area contributed by atoms with Gasteiger partial charge in [0.05, 0.1) is 6.33 Å². The third kappa shape index (κ3) is 2.62. The Morgan fingerprint density at radius 3 is 3.00 bits per heavy atom. The van der Waals surface area contributed by atoms with Gasteiger partial charge >= 0.3 is 0 Å². The Morgan fingerprint density at radius 2 is 2.24 bits per heavy atom. The molecule has 4 N–H and O–H groups in total. The zero-order valence-electron chi connectivity index (χ0n) is 11.4. The summed E-state index contributed by atoms with van der Waals surface area (Å²) in [5, 5.41) is 8.37. The molecule has 0 aromatic carbocycles. The third-order valence-corrected chi connectivity index (χ3v) is 3.17. The van der Waals surface area contributed by atoms with Gasteiger partial charge < -0.3 is 15.6 Å². The molecule has 1 unspecified atom stereocenters. The summed E-state index contributed by atoms with van der Waals surface area (Å²) in [4.78, 5) is 38.6. The molecule has 1 atom stereocenters. The topological polar surface area (TPSA) is 125 Å². The van der Waals surface area contributed by atoms with Crippen LogP contribution >= 0.6 is 0 Å². The first-order valence-electron chi connectivity index (χ1n) is 6.72. The second-order valence-electron chi connectivity index (χ2n) is 4.68. The molecule has 2 amide bonds. The first kappa shape index (κ1) is 13.3. The number of amides is 2. The molecule has 0 saturated carbocycles. The van der Waals surface area contributed by atoms with Crippen LogP contribution in [-0.2, 0) is 9.59 Å². The van der Waals surface area contributed by atoms with Gasteiger partial charge in [0, 0.05) is 13.0 Å². The number of H-pyrrole nitrogens is 1. The van der Waals surface area contributed by atoms with E-state index in [0.717, 1.165) is 0 Å². The lowest BCUT2D eigenvalue weighted by Crippen LogP contribution is -2.47. The lowest BCUT2D eigenvalue weighted by Gasteiger charge is -2.22. The molecule has 110 valence electrons. The van der Waals surface area contributed by atoms with Crippen molar-refractivity contribution in [3.05, 3.63) is 6.33 Å². The highest BCUT2D eigenvalue weighted by atomic mass is 16.2. The summed E-state index contributed by atoms with van der Waals surface area (Å²) >= 11 is 0. The minimum absolute atomic E-state index is 0.249. The van der Waals surface area contributed by atoms with Crippen LogP contribution in [0, 0.1) is 0 Å². The number of aromatic nitrogens is 4. The van der Waals surface area contributed by atoms with Crippen molar-refractivity contribution >= 4 is 34.7 Å². The monoisotopic (exact) mass is 289 g/mol. The molecule has 3 rings (SSSR count). The highest BCUT2D eigenvalue weighted by molar-refractivity contribution is 6.02. The number of imide groups is 1. The van der Waals surface area contributed by atoms with Crippen molar-refractivity contribution in [2.75, 3.05) is 17.2 Å². The number of anilines is 2. The van der Waals surface area contributed by atoms with Crippen LogP contribution in [0.1, 0.15) is 19.8 Å². The fraction of sp³-hybridized carbons (Fsp3) is 0.417. The van der Waals surface area contributed by atoms with E-state index < -0.39 is 6.04 Å². The Hall–Kier alpha value is -2.71. The van der Waals surface area contributed by atoms with Crippen LogP contribution in [0.5, 0.6) is 0 Å². The standard InChI is InChI=1S/C12H15N7O2/c1-2-13-12-18-9-8(14-5-15-9)10(19-12)16-6-3-4-7(20)17-11(6)21/h5-6H,2-4H2,1H3,(H,17,20,21)(H3,13,14,15,16,18,19). The highest BCUT2D eigenvalue weighted by Crippen LogP contribution is 2.21. The predicted molar refractivity (Wildman–Crippen MR) is 75.6 cm³/mol. The van der Waals surface area contributed by atoms with E-state index in [0.29, 0.717) is 42.3 Å². The van der Waals surface area contributed by atoms with E-state index in [-0.39, 0.29) is 11.8 Å². The number of carbonyl (C=O) groups is 2. The van der Waals surface area contributed by atoms with Gasteiger partial charge in [-0.25, -0.2) is 4.98 Å². The Morgan fingerprint density at radius 1 is 1.38 bits per heavy atom. The Labute approximate surface area is 120 Å². The van der Waals surface area contributed by atoms with Crippen molar-refractivity contribution in [3.63, 3.8) is 0 Å². The van der Waals surface area contributed by atoms with Gasteiger partial charge in [-0.1, -0.05) is 0 Å². The molecule has 0 spiro atoms. The second-order valence-corrected chi connectivity index (χ2v) is 4.68.